The molecule has 0 heterocycles. The molecule has 1 atom stereocenters. The largest absolute Gasteiger partial charge is 0.493 e. The highest BCUT2D eigenvalue weighted by molar-refractivity contribution is 5.41. The molecule has 0 aliphatic heterocycles. The molecule has 0 bridgehead atoms. The highest BCUT2D eigenvalue weighted by Crippen LogP contribution is 2.23. The van der Waals surface area contributed by atoms with Gasteiger partial charge in [0, 0.05) is 12.5 Å². The molecule has 1 rings (SSSR count). The van der Waals surface area contributed by atoms with E-state index in [0.29, 0.717) is 5.92 Å². The number of hydrogen-bond donors (Lipinski definition) is 1. The Balaban J connectivity index is 2.57. The summed E-state index contributed by atoms with van der Waals surface area (Å²) >= 11 is 0. The maximum absolute atomic E-state index is 5.92. The molecule has 1 unspecified atom stereocenters. The molecule has 0 amide bonds. The third kappa shape index (κ3) is 4.39. The van der Waals surface area contributed by atoms with E-state index in [1.807, 2.05) is 0 Å². The summed E-state index contributed by atoms with van der Waals surface area (Å²) < 4.78 is 5.92. The van der Waals surface area contributed by atoms with Gasteiger partial charge in [0.1, 0.15) is 5.75 Å². The Hall–Kier alpha value is -1.02. The molecule has 0 radical (unpaired) electrons. The van der Waals surface area contributed by atoms with Crippen molar-refractivity contribution in [3.63, 3.8) is 0 Å². The Morgan fingerprint density at radius 3 is 2.59 bits per heavy atom. The first-order valence-electron chi connectivity index (χ1n) is 6.46. The van der Waals surface area contributed by atoms with Gasteiger partial charge in [0.2, 0.25) is 0 Å². The zero-order chi connectivity index (χ0) is 12.8. The summed E-state index contributed by atoms with van der Waals surface area (Å²) in [4.78, 5) is 0. The topological polar surface area (TPSA) is 21.3 Å². The molecule has 0 saturated heterocycles. The smallest absolute Gasteiger partial charge is 0.122 e. The van der Waals surface area contributed by atoms with Crippen molar-refractivity contribution in [1.29, 1.82) is 0 Å². The summed E-state index contributed by atoms with van der Waals surface area (Å²) in [5.74, 6) is 1.57. The second-order valence-electron chi connectivity index (χ2n) is 4.93. The second-order valence-corrected chi connectivity index (χ2v) is 4.93. The highest BCUT2D eigenvalue weighted by atomic mass is 16.5. The SMILES string of the molecule is CCNCC(C)COc1cc(C)cc(C)c1C. The van der Waals surface area contributed by atoms with E-state index in [1.165, 1.54) is 16.7 Å². The van der Waals surface area contributed by atoms with Crippen LogP contribution in [0.5, 0.6) is 5.75 Å². The van der Waals surface area contributed by atoms with Crippen LogP contribution in [0.15, 0.2) is 12.1 Å². The summed E-state index contributed by atoms with van der Waals surface area (Å²) in [6.07, 6.45) is 0. The van der Waals surface area contributed by atoms with E-state index in [4.69, 9.17) is 4.74 Å². The normalized spacial score (nSPS) is 12.5. The maximum atomic E-state index is 5.92. The Morgan fingerprint density at radius 2 is 1.94 bits per heavy atom. The van der Waals surface area contributed by atoms with Crippen LogP contribution >= 0.6 is 0 Å². The van der Waals surface area contributed by atoms with Gasteiger partial charge in [0.25, 0.3) is 0 Å². The van der Waals surface area contributed by atoms with E-state index in [0.717, 1.165) is 25.4 Å². The third-order valence-electron chi connectivity index (χ3n) is 3.03. The monoisotopic (exact) mass is 235 g/mol. The van der Waals surface area contributed by atoms with Crippen LogP contribution in [0, 0.1) is 26.7 Å². The van der Waals surface area contributed by atoms with E-state index in [9.17, 15) is 0 Å². The minimum absolute atomic E-state index is 0.537. The van der Waals surface area contributed by atoms with Crippen molar-refractivity contribution in [3.8, 4) is 5.75 Å². The molecule has 0 aliphatic carbocycles. The molecule has 1 N–H and O–H groups in total. The number of rotatable bonds is 6. The summed E-state index contributed by atoms with van der Waals surface area (Å²) in [5.41, 5.74) is 3.83. The van der Waals surface area contributed by atoms with Crippen LogP contribution in [0.3, 0.4) is 0 Å². The average molecular weight is 235 g/mol. The molecule has 2 heteroatoms. The predicted molar refractivity (Wildman–Crippen MR) is 73.9 cm³/mol. The quantitative estimate of drug-likeness (QED) is 0.817. The lowest BCUT2D eigenvalue weighted by Crippen LogP contribution is -2.24. The Morgan fingerprint density at radius 1 is 1.24 bits per heavy atom. The molecule has 0 fully saturated rings. The average Bonchev–Trinajstić information content (AvgIpc) is 2.29. The summed E-state index contributed by atoms with van der Waals surface area (Å²) in [5, 5.41) is 3.34. The van der Waals surface area contributed by atoms with Gasteiger partial charge in [-0.25, -0.2) is 0 Å². The van der Waals surface area contributed by atoms with Crippen molar-refractivity contribution >= 4 is 0 Å². The first kappa shape index (κ1) is 14.0. The number of aryl methyl sites for hydroxylation is 2. The standard InChI is InChI=1S/C15H25NO/c1-6-16-9-12(3)10-17-15-8-11(2)7-13(4)14(15)5/h7-8,12,16H,6,9-10H2,1-5H3. The van der Waals surface area contributed by atoms with E-state index >= 15 is 0 Å². The fourth-order valence-electron chi connectivity index (χ4n) is 1.83. The maximum Gasteiger partial charge on any atom is 0.122 e. The zero-order valence-corrected chi connectivity index (χ0v) is 11.8. The van der Waals surface area contributed by atoms with Crippen molar-refractivity contribution in [2.75, 3.05) is 19.7 Å². The summed E-state index contributed by atoms with van der Waals surface area (Å²) in [7, 11) is 0. The van der Waals surface area contributed by atoms with Crippen LogP contribution < -0.4 is 10.1 Å². The van der Waals surface area contributed by atoms with E-state index in [1.54, 1.807) is 0 Å². The molecule has 0 spiro atoms. The van der Waals surface area contributed by atoms with Gasteiger partial charge in [-0.3, -0.25) is 0 Å². The lowest BCUT2D eigenvalue weighted by atomic mass is 10.1. The molecular formula is C15H25NO. The van der Waals surface area contributed by atoms with Gasteiger partial charge in [-0.1, -0.05) is 19.9 Å². The molecular weight excluding hydrogens is 210 g/mol. The van der Waals surface area contributed by atoms with Crippen molar-refractivity contribution in [3.05, 3.63) is 28.8 Å². The van der Waals surface area contributed by atoms with Crippen LogP contribution in [0.25, 0.3) is 0 Å². The van der Waals surface area contributed by atoms with Crippen molar-refractivity contribution in [1.82, 2.24) is 5.32 Å². The fraction of sp³-hybridized carbons (Fsp3) is 0.600. The van der Waals surface area contributed by atoms with Crippen molar-refractivity contribution in [2.24, 2.45) is 5.92 Å². The van der Waals surface area contributed by atoms with Gasteiger partial charge < -0.3 is 10.1 Å². The molecule has 17 heavy (non-hydrogen) atoms. The predicted octanol–water partition coefficient (Wildman–Crippen LogP) is 3.24. The number of nitrogens with one attached hydrogen (secondary N) is 1. The molecule has 2 nitrogen and oxygen atoms in total. The van der Waals surface area contributed by atoms with Crippen LogP contribution in [0.1, 0.15) is 30.5 Å². The van der Waals surface area contributed by atoms with Crippen molar-refractivity contribution < 1.29 is 4.74 Å². The zero-order valence-electron chi connectivity index (χ0n) is 11.8. The molecule has 0 aliphatic rings. The summed E-state index contributed by atoms with van der Waals surface area (Å²) in [6, 6.07) is 4.33. The molecule has 0 saturated carbocycles. The Labute approximate surface area is 105 Å². The van der Waals surface area contributed by atoms with Gasteiger partial charge in [-0.05, 0) is 50.1 Å². The van der Waals surface area contributed by atoms with E-state index in [-0.39, 0.29) is 0 Å². The van der Waals surface area contributed by atoms with Crippen molar-refractivity contribution in [2.45, 2.75) is 34.6 Å². The van der Waals surface area contributed by atoms with E-state index in [2.05, 4.69) is 52.1 Å². The van der Waals surface area contributed by atoms with Crippen LogP contribution in [-0.4, -0.2) is 19.7 Å². The van der Waals surface area contributed by atoms with E-state index < -0.39 is 0 Å². The number of benzene rings is 1. The fourth-order valence-corrected chi connectivity index (χ4v) is 1.83. The number of hydrogen-bond acceptors (Lipinski definition) is 2. The molecule has 96 valence electrons. The van der Waals surface area contributed by atoms with Crippen LogP contribution in [0.2, 0.25) is 0 Å². The first-order valence-corrected chi connectivity index (χ1v) is 6.46. The third-order valence-corrected chi connectivity index (χ3v) is 3.03. The second kappa shape index (κ2) is 6.65. The molecule has 0 aromatic heterocycles. The van der Waals surface area contributed by atoms with Gasteiger partial charge in [0.15, 0.2) is 0 Å². The van der Waals surface area contributed by atoms with Gasteiger partial charge in [-0.2, -0.15) is 0 Å². The summed E-state index contributed by atoms with van der Waals surface area (Å²) in [6.45, 7) is 13.5. The highest BCUT2D eigenvalue weighted by Gasteiger charge is 2.06. The van der Waals surface area contributed by atoms with Gasteiger partial charge in [-0.15, -0.1) is 0 Å². The minimum atomic E-state index is 0.537. The minimum Gasteiger partial charge on any atom is -0.493 e. The lowest BCUT2D eigenvalue weighted by molar-refractivity contribution is 0.254. The Kier molecular flexibility index (Phi) is 5.49. The Bertz CT molecular complexity index is 360. The van der Waals surface area contributed by atoms with Gasteiger partial charge in [0.05, 0.1) is 6.61 Å². The first-order chi connectivity index (χ1) is 8.04. The lowest BCUT2D eigenvalue weighted by Gasteiger charge is -2.16. The number of ether oxygens (including phenoxy) is 1. The molecule has 1 aromatic rings. The van der Waals surface area contributed by atoms with Crippen LogP contribution in [-0.2, 0) is 0 Å². The molecule has 1 aromatic carbocycles. The van der Waals surface area contributed by atoms with Gasteiger partial charge >= 0.3 is 0 Å². The van der Waals surface area contributed by atoms with Crippen LogP contribution in [0.4, 0.5) is 0 Å².